The zero-order valence-corrected chi connectivity index (χ0v) is 11.6. The van der Waals surface area contributed by atoms with Crippen molar-refractivity contribution in [3.8, 4) is 0 Å². The van der Waals surface area contributed by atoms with Crippen molar-refractivity contribution in [2.24, 2.45) is 11.7 Å². The molecule has 0 bridgehead atoms. The molecule has 1 atom stereocenters. The number of hydrogen-bond acceptors (Lipinski definition) is 4. The van der Waals surface area contributed by atoms with Crippen LogP contribution in [-0.4, -0.2) is 16.2 Å². The van der Waals surface area contributed by atoms with Gasteiger partial charge in [-0.1, -0.05) is 38.3 Å². The molecule has 0 aromatic carbocycles. The first-order valence-electron chi connectivity index (χ1n) is 7.27. The molecule has 0 amide bonds. The van der Waals surface area contributed by atoms with E-state index in [1.807, 2.05) is 0 Å². The van der Waals surface area contributed by atoms with Gasteiger partial charge in [0.1, 0.15) is 0 Å². The van der Waals surface area contributed by atoms with Gasteiger partial charge in [-0.2, -0.15) is 4.98 Å². The fourth-order valence-electron chi connectivity index (χ4n) is 2.73. The highest BCUT2D eigenvalue weighted by Gasteiger charge is 2.24. The molecule has 1 fully saturated rings. The Morgan fingerprint density at radius 1 is 1.33 bits per heavy atom. The van der Waals surface area contributed by atoms with Gasteiger partial charge < -0.3 is 10.3 Å². The molecule has 18 heavy (non-hydrogen) atoms. The van der Waals surface area contributed by atoms with Crippen LogP contribution in [0.2, 0.25) is 0 Å². The molecule has 1 saturated carbocycles. The van der Waals surface area contributed by atoms with E-state index in [4.69, 9.17) is 10.3 Å². The Bertz CT molecular complexity index is 356. The Hall–Kier alpha value is -0.900. The van der Waals surface area contributed by atoms with Crippen LogP contribution < -0.4 is 5.73 Å². The molecule has 0 aliphatic heterocycles. The second kappa shape index (κ2) is 6.32. The summed E-state index contributed by atoms with van der Waals surface area (Å²) in [6.07, 6.45) is 7.78. The van der Waals surface area contributed by atoms with Crippen molar-refractivity contribution < 1.29 is 4.52 Å². The second-order valence-corrected chi connectivity index (χ2v) is 5.76. The largest absolute Gasteiger partial charge is 0.339 e. The first-order chi connectivity index (χ1) is 8.69. The van der Waals surface area contributed by atoms with Crippen LogP contribution in [0, 0.1) is 5.92 Å². The van der Waals surface area contributed by atoms with E-state index in [1.54, 1.807) is 0 Å². The predicted octanol–water partition coefficient (Wildman–Crippen LogP) is 3.03. The Morgan fingerprint density at radius 3 is 2.72 bits per heavy atom. The van der Waals surface area contributed by atoms with E-state index in [9.17, 15) is 0 Å². The van der Waals surface area contributed by atoms with E-state index in [0.29, 0.717) is 18.2 Å². The molecule has 0 spiro atoms. The lowest BCUT2D eigenvalue weighted by atomic mass is 9.83. The lowest BCUT2D eigenvalue weighted by Gasteiger charge is -2.23. The molecule has 1 aliphatic carbocycles. The summed E-state index contributed by atoms with van der Waals surface area (Å²) in [5.41, 5.74) is 5.99. The number of rotatable bonds is 5. The highest BCUT2D eigenvalue weighted by atomic mass is 16.5. The zero-order valence-electron chi connectivity index (χ0n) is 11.6. The average Bonchev–Trinajstić information content (AvgIpc) is 2.78. The highest BCUT2D eigenvalue weighted by molar-refractivity contribution is 4.98. The Labute approximate surface area is 109 Å². The van der Waals surface area contributed by atoms with Gasteiger partial charge in [-0.15, -0.1) is 0 Å². The lowest BCUT2D eigenvalue weighted by Crippen LogP contribution is -2.22. The van der Waals surface area contributed by atoms with Crippen molar-refractivity contribution in [1.82, 2.24) is 10.1 Å². The Kier molecular flexibility index (Phi) is 4.75. The van der Waals surface area contributed by atoms with Crippen LogP contribution in [0.3, 0.4) is 0 Å². The van der Waals surface area contributed by atoms with Crippen molar-refractivity contribution in [3.63, 3.8) is 0 Å². The van der Waals surface area contributed by atoms with E-state index in [-0.39, 0.29) is 6.04 Å². The molecule has 1 aromatic rings. The highest BCUT2D eigenvalue weighted by Crippen LogP contribution is 2.34. The van der Waals surface area contributed by atoms with Crippen LogP contribution >= 0.6 is 0 Å². The Balaban J connectivity index is 1.89. The van der Waals surface area contributed by atoms with Crippen molar-refractivity contribution in [1.29, 1.82) is 0 Å². The van der Waals surface area contributed by atoms with Gasteiger partial charge in [-0.05, 0) is 25.2 Å². The molecule has 102 valence electrons. The van der Waals surface area contributed by atoms with E-state index >= 15 is 0 Å². The standard InChI is InChI=1S/C14H25N3O/c1-3-4-12(15)9-13-16-14(17-18-13)11-7-5-10(2)6-8-11/h10-12H,3-9,15H2,1-2H3. The van der Waals surface area contributed by atoms with Crippen LogP contribution in [0.5, 0.6) is 0 Å². The average molecular weight is 251 g/mol. The van der Waals surface area contributed by atoms with Gasteiger partial charge in [0.2, 0.25) is 5.89 Å². The minimum atomic E-state index is 0.148. The molecule has 1 aromatic heterocycles. The van der Waals surface area contributed by atoms with Crippen molar-refractivity contribution in [3.05, 3.63) is 11.7 Å². The number of nitrogens with zero attached hydrogens (tertiary/aromatic N) is 2. The smallest absolute Gasteiger partial charge is 0.228 e. The SMILES string of the molecule is CCCC(N)Cc1nc(C2CCC(C)CC2)no1. The third-order valence-electron chi connectivity index (χ3n) is 3.96. The molecule has 1 aliphatic rings. The fraction of sp³-hybridized carbons (Fsp3) is 0.857. The molecular formula is C14H25N3O. The van der Waals surface area contributed by atoms with Crippen molar-refractivity contribution >= 4 is 0 Å². The van der Waals surface area contributed by atoms with Gasteiger partial charge in [0.05, 0.1) is 0 Å². The predicted molar refractivity (Wildman–Crippen MR) is 71.3 cm³/mol. The number of hydrogen-bond donors (Lipinski definition) is 1. The summed E-state index contributed by atoms with van der Waals surface area (Å²) < 4.78 is 5.32. The first kappa shape index (κ1) is 13.5. The molecule has 1 unspecified atom stereocenters. The van der Waals surface area contributed by atoms with Gasteiger partial charge >= 0.3 is 0 Å². The molecule has 1 heterocycles. The summed E-state index contributed by atoms with van der Waals surface area (Å²) in [5, 5.41) is 4.14. The summed E-state index contributed by atoms with van der Waals surface area (Å²) in [4.78, 5) is 4.52. The van der Waals surface area contributed by atoms with Crippen molar-refractivity contribution in [2.75, 3.05) is 0 Å². The third kappa shape index (κ3) is 3.55. The van der Waals surface area contributed by atoms with Crippen LogP contribution in [0.15, 0.2) is 4.52 Å². The normalized spacial score (nSPS) is 26.2. The summed E-state index contributed by atoms with van der Waals surface area (Å²) in [7, 11) is 0. The van der Waals surface area contributed by atoms with Gasteiger partial charge in [0.25, 0.3) is 0 Å². The molecule has 0 radical (unpaired) electrons. The molecular weight excluding hydrogens is 226 g/mol. The molecule has 4 nitrogen and oxygen atoms in total. The van der Waals surface area contributed by atoms with Crippen LogP contribution in [0.4, 0.5) is 0 Å². The molecule has 4 heteroatoms. The van der Waals surface area contributed by atoms with Gasteiger partial charge in [0.15, 0.2) is 5.82 Å². The Morgan fingerprint density at radius 2 is 2.06 bits per heavy atom. The van der Waals surface area contributed by atoms with Gasteiger partial charge in [-0.25, -0.2) is 0 Å². The second-order valence-electron chi connectivity index (χ2n) is 5.76. The van der Waals surface area contributed by atoms with E-state index in [0.717, 1.165) is 24.6 Å². The van der Waals surface area contributed by atoms with Crippen LogP contribution in [0.25, 0.3) is 0 Å². The maximum absolute atomic E-state index is 5.99. The van der Waals surface area contributed by atoms with Gasteiger partial charge in [0, 0.05) is 18.4 Å². The topological polar surface area (TPSA) is 64.9 Å². The quantitative estimate of drug-likeness (QED) is 0.873. The summed E-state index contributed by atoms with van der Waals surface area (Å²) in [6.45, 7) is 4.46. The fourth-order valence-corrected chi connectivity index (χ4v) is 2.73. The zero-order chi connectivity index (χ0) is 13.0. The van der Waals surface area contributed by atoms with E-state index in [2.05, 4.69) is 24.0 Å². The van der Waals surface area contributed by atoms with Gasteiger partial charge in [-0.3, -0.25) is 0 Å². The molecule has 2 N–H and O–H groups in total. The third-order valence-corrected chi connectivity index (χ3v) is 3.96. The maximum Gasteiger partial charge on any atom is 0.228 e. The first-order valence-corrected chi connectivity index (χ1v) is 7.27. The number of nitrogens with two attached hydrogens (primary N) is 1. The maximum atomic E-state index is 5.99. The summed E-state index contributed by atoms with van der Waals surface area (Å²) in [6, 6.07) is 0.148. The molecule has 0 saturated heterocycles. The lowest BCUT2D eigenvalue weighted by molar-refractivity contribution is 0.322. The summed E-state index contributed by atoms with van der Waals surface area (Å²) in [5.74, 6) is 2.97. The molecule has 2 rings (SSSR count). The minimum absolute atomic E-state index is 0.148. The van der Waals surface area contributed by atoms with Crippen molar-refractivity contribution in [2.45, 2.75) is 70.8 Å². The van der Waals surface area contributed by atoms with E-state index in [1.165, 1.54) is 25.7 Å². The van der Waals surface area contributed by atoms with Crippen LogP contribution in [-0.2, 0) is 6.42 Å². The van der Waals surface area contributed by atoms with E-state index < -0.39 is 0 Å². The monoisotopic (exact) mass is 251 g/mol. The minimum Gasteiger partial charge on any atom is -0.339 e. The number of aromatic nitrogens is 2. The summed E-state index contributed by atoms with van der Waals surface area (Å²) >= 11 is 0. The van der Waals surface area contributed by atoms with Crippen LogP contribution in [0.1, 0.15) is 70.0 Å².